The van der Waals surface area contributed by atoms with Gasteiger partial charge in [0.05, 0.1) is 17.1 Å². The fourth-order valence-electron chi connectivity index (χ4n) is 2.09. The zero-order valence-electron chi connectivity index (χ0n) is 12.3. The topological polar surface area (TPSA) is 85.4 Å². The van der Waals surface area contributed by atoms with Crippen LogP contribution < -0.4 is 4.72 Å². The molecule has 1 aromatic heterocycles. The molecule has 1 N–H and O–H groups in total. The van der Waals surface area contributed by atoms with E-state index in [1.165, 1.54) is 11.3 Å². The third-order valence-corrected chi connectivity index (χ3v) is 5.05. The van der Waals surface area contributed by atoms with Gasteiger partial charge in [0.1, 0.15) is 11.4 Å². The van der Waals surface area contributed by atoms with E-state index in [9.17, 15) is 13.2 Å². The van der Waals surface area contributed by atoms with Crippen molar-refractivity contribution >= 4 is 27.3 Å². The van der Waals surface area contributed by atoms with E-state index in [1.54, 1.807) is 10.9 Å². The van der Waals surface area contributed by atoms with Crippen LogP contribution >= 0.6 is 11.3 Å². The first-order valence-corrected chi connectivity index (χ1v) is 9.34. The van der Waals surface area contributed by atoms with Gasteiger partial charge in [-0.1, -0.05) is 0 Å². The SMILES string of the molecule is CC(C)(C)OC(=O)C1CC(NS(=O)(=O)Cc2cscn2)C1. The average molecular weight is 332 g/mol. The lowest BCUT2D eigenvalue weighted by atomic mass is 9.81. The Bertz CT molecular complexity index is 584. The Morgan fingerprint density at radius 2 is 2.14 bits per heavy atom. The zero-order chi connectivity index (χ0) is 15.7. The van der Waals surface area contributed by atoms with Crippen molar-refractivity contribution in [1.29, 1.82) is 0 Å². The first-order chi connectivity index (χ1) is 9.65. The maximum Gasteiger partial charge on any atom is 0.309 e. The highest BCUT2D eigenvalue weighted by Gasteiger charge is 2.39. The fraction of sp³-hybridized carbons (Fsp3) is 0.692. The maximum atomic E-state index is 11.9. The van der Waals surface area contributed by atoms with E-state index in [0.29, 0.717) is 18.5 Å². The number of nitrogens with one attached hydrogen (secondary N) is 1. The molecular weight excluding hydrogens is 312 g/mol. The number of carbonyl (C=O) groups is 1. The van der Waals surface area contributed by atoms with Crippen molar-refractivity contribution in [3.05, 3.63) is 16.6 Å². The van der Waals surface area contributed by atoms with E-state index in [-0.39, 0.29) is 23.7 Å². The highest BCUT2D eigenvalue weighted by molar-refractivity contribution is 7.88. The monoisotopic (exact) mass is 332 g/mol. The Hall–Kier alpha value is -0.990. The minimum absolute atomic E-state index is 0.121. The average Bonchev–Trinajstić information content (AvgIpc) is 2.71. The van der Waals surface area contributed by atoms with Crippen LogP contribution in [0.5, 0.6) is 0 Å². The first kappa shape index (κ1) is 16.4. The molecule has 0 amide bonds. The highest BCUT2D eigenvalue weighted by atomic mass is 32.2. The molecule has 118 valence electrons. The van der Waals surface area contributed by atoms with Crippen molar-refractivity contribution in [1.82, 2.24) is 9.71 Å². The molecule has 0 aliphatic heterocycles. The quantitative estimate of drug-likeness (QED) is 0.829. The summed E-state index contributed by atoms with van der Waals surface area (Å²) >= 11 is 1.36. The number of nitrogens with zero attached hydrogens (tertiary/aromatic N) is 1. The number of hydrogen-bond donors (Lipinski definition) is 1. The minimum Gasteiger partial charge on any atom is -0.460 e. The summed E-state index contributed by atoms with van der Waals surface area (Å²) in [5, 5.41) is 1.71. The van der Waals surface area contributed by atoms with Crippen molar-refractivity contribution in [2.24, 2.45) is 5.92 Å². The van der Waals surface area contributed by atoms with E-state index >= 15 is 0 Å². The molecule has 1 saturated carbocycles. The van der Waals surface area contributed by atoms with Gasteiger partial charge in [-0.3, -0.25) is 4.79 Å². The molecule has 6 nitrogen and oxygen atoms in total. The standard InChI is InChI=1S/C13H20N2O4S2/c1-13(2,3)19-12(16)9-4-10(5-9)15-21(17,18)7-11-6-20-8-14-11/h6,8-10,15H,4-5,7H2,1-3H3. The highest BCUT2D eigenvalue weighted by Crippen LogP contribution is 2.30. The van der Waals surface area contributed by atoms with Crippen LogP contribution in [0.25, 0.3) is 0 Å². The van der Waals surface area contributed by atoms with Crippen LogP contribution in [-0.2, 0) is 25.3 Å². The van der Waals surface area contributed by atoms with Gasteiger partial charge in [-0.15, -0.1) is 11.3 Å². The van der Waals surface area contributed by atoms with Gasteiger partial charge < -0.3 is 4.74 Å². The van der Waals surface area contributed by atoms with Crippen molar-refractivity contribution < 1.29 is 17.9 Å². The Labute approximate surface area is 129 Å². The van der Waals surface area contributed by atoms with E-state index < -0.39 is 15.6 Å². The van der Waals surface area contributed by atoms with Crippen LogP contribution in [0.3, 0.4) is 0 Å². The summed E-state index contributed by atoms with van der Waals surface area (Å²) < 4.78 is 31.8. The van der Waals surface area contributed by atoms with Crippen LogP contribution in [0, 0.1) is 5.92 Å². The molecule has 21 heavy (non-hydrogen) atoms. The Morgan fingerprint density at radius 1 is 1.48 bits per heavy atom. The van der Waals surface area contributed by atoms with Crippen LogP contribution in [-0.4, -0.2) is 31.0 Å². The maximum absolute atomic E-state index is 11.9. The van der Waals surface area contributed by atoms with Gasteiger partial charge in [-0.25, -0.2) is 18.1 Å². The Morgan fingerprint density at radius 3 is 2.67 bits per heavy atom. The lowest BCUT2D eigenvalue weighted by Crippen LogP contribution is -2.48. The van der Waals surface area contributed by atoms with Crippen molar-refractivity contribution in [3.8, 4) is 0 Å². The van der Waals surface area contributed by atoms with E-state index in [0.717, 1.165) is 0 Å². The lowest BCUT2D eigenvalue weighted by Gasteiger charge is -2.35. The molecule has 0 radical (unpaired) electrons. The molecule has 1 heterocycles. The summed E-state index contributed by atoms with van der Waals surface area (Å²) in [5.74, 6) is -0.585. The number of esters is 1. The number of rotatable bonds is 5. The minimum atomic E-state index is -3.41. The smallest absolute Gasteiger partial charge is 0.309 e. The molecule has 1 fully saturated rings. The second-order valence-corrected chi connectivity index (χ2v) is 8.73. The van der Waals surface area contributed by atoms with Crippen molar-refractivity contribution in [2.75, 3.05) is 0 Å². The zero-order valence-corrected chi connectivity index (χ0v) is 14.0. The van der Waals surface area contributed by atoms with Gasteiger partial charge in [0.15, 0.2) is 0 Å². The van der Waals surface area contributed by atoms with Crippen LogP contribution in [0.4, 0.5) is 0 Å². The predicted octanol–water partition coefficient (Wildman–Crippen LogP) is 1.68. The van der Waals surface area contributed by atoms with Gasteiger partial charge in [0, 0.05) is 11.4 Å². The summed E-state index contributed by atoms with van der Waals surface area (Å²) in [6.07, 6.45) is 0.983. The number of ether oxygens (including phenoxy) is 1. The van der Waals surface area contributed by atoms with Crippen LogP contribution in [0.1, 0.15) is 39.3 Å². The molecule has 8 heteroatoms. The number of carbonyl (C=O) groups excluding carboxylic acids is 1. The Kier molecular flexibility index (Phi) is 4.69. The van der Waals surface area contributed by atoms with Gasteiger partial charge in [-0.2, -0.15) is 0 Å². The summed E-state index contributed by atoms with van der Waals surface area (Å²) in [6, 6.07) is -0.189. The van der Waals surface area contributed by atoms with Gasteiger partial charge in [-0.05, 0) is 33.6 Å². The molecule has 0 bridgehead atoms. The molecule has 2 rings (SSSR count). The molecular formula is C13H20N2O4S2. The largest absolute Gasteiger partial charge is 0.460 e. The first-order valence-electron chi connectivity index (χ1n) is 6.74. The van der Waals surface area contributed by atoms with Crippen LogP contribution in [0.15, 0.2) is 10.9 Å². The van der Waals surface area contributed by atoms with Crippen LogP contribution in [0.2, 0.25) is 0 Å². The molecule has 1 aliphatic rings. The summed E-state index contributed by atoms with van der Waals surface area (Å²) in [6.45, 7) is 5.45. The van der Waals surface area contributed by atoms with Gasteiger partial charge in [0.25, 0.3) is 0 Å². The van der Waals surface area contributed by atoms with Crippen molar-refractivity contribution in [3.63, 3.8) is 0 Å². The molecule has 0 unspecified atom stereocenters. The Balaban J connectivity index is 1.78. The van der Waals surface area contributed by atoms with Crippen molar-refractivity contribution in [2.45, 2.75) is 51.0 Å². The number of thiazole rings is 1. The summed E-state index contributed by atoms with van der Waals surface area (Å²) in [7, 11) is -3.41. The second-order valence-electron chi connectivity index (χ2n) is 6.26. The van der Waals surface area contributed by atoms with E-state index in [4.69, 9.17) is 4.74 Å². The second kappa shape index (κ2) is 6.02. The summed E-state index contributed by atoms with van der Waals surface area (Å²) in [4.78, 5) is 15.8. The van der Waals surface area contributed by atoms with E-state index in [1.807, 2.05) is 20.8 Å². The molecule has 1 aliphatic carbocycles. The van der Waals surface area contributed by atoms with E-state index in [2.05, 4.69) is 9.71 Å². The number of hydrogen-bond acceptors (Lipinski definition) is 6. The molecule has 0 aromatic carbocycles. The predicted molar refractivity (Wildman–Crippen MR) is 80.2 cm³/mol. The molecule has 0 saturated heterocycles. The molecule has 0 atom stereocenters. The fourth-order valence-corrected chi connectivity index (χ4v) is 4.09. The summed E-state index contributed by atoms with van der Waals surface area (Å²) in [5.41, 5.74) is 1.63. The number of sulfonamides is 1. The van der Waals surface area contributed by atoms with Gasteiger partial charge >= 0.3 is 5.97 Å². The molecule has 1 aromatic rings. The third-order valence-electron chi connectivity index (χ3n) is 3.05. The third kappa shape index (κ3) is 5.05. The lowest BCUT2D eigenvalue weighted by molar-refractivity contribution is -0.163. The number of aromatic nitrogens is 1. The molecule has 0 spiro atoms. The normalized spacial score (nSPS) is 22.6. The van der Waals surface area contributed by atoms with Gasteiger partial charge in [0.2, 0.25) is 10.0 Å².